The summed E-state index contributed by atoms with van der Waals surface area (Å²) >= 11 is 1.28. The van der Waals surface area contributed by atoms with Gasteiger partial charge in [-0.05, 0) is 24.6 Å². The minimum Gasteiger partial charge on any atom is -0.437 e. The highest BCUT2D eigenvalue weighted by Crippen LogP contribution is 2.41. The Balaban J connectivity index is 1.44. The lowest BCUT2D eigenvalue weighted by Gasteiger charge is -2.26. The van der Waals surface area contributed by atoms with E-state index in [1.807, 2.05) is 0 Å². The van der Waals surface area contributed by atoms with Crippen molar-refractivity contribution in [3.63, 3.8) is 0 Å². The van der Waals surface area contributed by atoms with Crippen molar-refractivity contribution < 1.29 is 30.7 Å². The molecule has 2 aromatic heterocycles. The molecule has 0 bridgehead atoms. The van der Waals surface area contributed by atoms with Crippen LogP contribution in [0.1, 0.15) is 12.0 Å². The Morgan fingerprint density at radius 1 is 1.15 bits per heavy atom. The third-order valence-electron chi connectivity index (χ3n) is 6.05. The van der Waals surface area contributed by atoms with Crippen LogP contribution in [0.25, 0.3) is 21.3 Å². The number of sulfonamides is 1. The number of rotatable bonds is 8. The number of aromatic nitrogens is 3. The topological polar surface area (TPSA) is 118 Å². The van der Waals surface area contributed by atoms with Gasteiger partial charge in [0.1, 0.15) is 16.8 Å². The predicted molar refractivity (Wildman–Crippen MR) is 145 cm³/mol. The minimum absolute atomic E-state index is 0.00226. The van der Waals surface area contributed by atoms with Crippen molar-refractivity contribution in [1.82, 2.24) is 20.3 Å². The van der Waals surface area contributed by atoms with Crippen molar-refractivity contribution >= 4 is 43.8 Å². The van der Waals surface area contributed by atoms with Crippen molar-refractivity contribution in [2.45, 2.75) is 31.7 Å². The van der Waals surface area contributed by atoms with Gasteiger partial charge in [-0.3, -0.25) is 4.72 Å². The van der Waals surface area contributed by atoms with Crippen LogP contribution in [-0.2, 0) is 10.0 Å². The van der Waals surface area contributed by atoms with Gasteiger partial charge in [0.2, 0.25) is 21.9 Å². The number of benzene rings is 2. The Hall–Kier alpha value is -3.56. The van der Waals surface area contributed by atoms with E-state index in [-0.39, 0.29) is 17.6 Å². The van der Waals surface area contributed by atoms with Crippen LogP contribution in [-0.4, -0.2) is 60.6 Å². The monoisotopic (exact) mass is 596 g/mol. The molecule has 3 heterocycles. The first-order valence-electron chi connectivity index (χ1n) is 12.1. The van der Waals surface area contributed by atoms with Crippen LogP contribution >= 0.6 is 11.3 Å². The molecule has 1 aliphatic rings. The van der Waals surface area contributed by atoms with Crippen LogP contribution < -0.4 is 20.1 Å². The van der Waals surface area contributed by atoms with Gasteiger partial charge in [-0.2, -0.15) is 13.2 Å². The van der Waals surface area contributed by atoms with Crippen molar-refractivity contribution in [3.8, 4) is 22.2 Å². The van der Waals surface area contributed by atoms with E-state index in [1.165, 1.54) is 17.4 Å². The maximum Gasteiger partial charge on any atom is 0.404 e. The summed E-state index contributed by atoms with van der Waals surface area (Å²) in [6.07, 6.45) is -3.94. The van der Waals surface area contributed by atoms with Gasteiger partial charge in [-0.15, -0.1) is 11.3 Å². The number of alkyl halides is 4. The molecule has 0 radical (unpaired) electrons. The number of hydrogen-bond acceptors (Lipinski definition) is 9. The smallest absolute Gasteiger partial charge is 0.404 e. The summed E-state index contributed by atoms with van der Waals surface area (Å²) in [6.45, 7) is 2.55. The van der Waals surface area contributed by atoms with Crippen LogP contribution in [0.5, 0.6) is 11.6 Å². The Labute approximate surface area is 231 Å². The Morgan fingerprint density at radius 3 is 2.67 bits per heavy atom. The Kier molecular flexibility index (Phi) is 7.79. The molecule has 0 spiro atoms. The summed E-state index contributed by atoms with van der Waals surface area (Å²) in [6, 6.07) is 9.53. The third-order valence-corrected chi connectivity index (χ3v) is 8.12. The molecule has 0 amide bonds. The molecule has 2 aromatic carbocycles. The number of halogens is 4. The van der Waals surface area contributed by atoms with E-state index in [2.05, 4.69) is 30.3 Å². The third kappa shape index (κ3) is 6.59. The van der Waals surface area contributed by atoms with E-state index in [9.17, 15) is 26.0 Å². The lowest BCUT2D eigenvalue weighted by atomic mass is 10.0. The van der Waals surface area contributed by atoms with Crippen LogP contribution in [0, 0.1) is 6.92 Å². The van der Waals surface area contributed by atoms with Gasteiger partial charge >= 0.3 is 6.18 Å². The van der Waals surface area contributed by atoms with Crippen LogP contribution in [0.2, 0.25) is 0 Å². The molecular weight excluding hydrogens is 572 g/mol. The summed E-state index contributed by atoms with van der Waals surface area (Å²) in [5.74, 6) is -1.09. The van der Waals surface area contributed by atoms with Crippen molar-refractivity contribution in [2.75, 3.05) is 28.9 Å². The second kappa shape index (κ2) is 11.1. The van der Waals surface area contributed by atoms with Gasteiger partial charge in [0, 0.05) is 42.5 Å². The molecule has 0 saturated carbocycles. The molecule has 15 heteroatoms. The molecule has 4 aromatic rings. The first kappa shape index (κ1) is 28.0. The number of fused-ring (bicyclic) bond motifs is 1. The molecule has 1 fully saturated rings. The number of ether oxygens (including phenoxy) is 1. The van der Waals surface area contributed by atoms with E-state index >= 15 is 0 Å². The summed E-state index contributed by atoms with van der Waals surface area (Å²) < 4.78 is 84.7. The molecule has 40 heavy (non-hydrogen) atoms. The number of nitrogens with zero attached hydrogens (tertiary/aromatic N) is 3. The molecule has 5 rings (SSSR count). The van der Waals surface area contributed by atoms with Gasteiger partial charge < -0.3 is 15.4 Å². The molecule has 1 saturated heterocycles. The first-order chi connectivity index (χ1) is 19.0. The highest BCUT2D eigenvalue weighted by molar-refractivity contribution is 7.92. The predicted octanol–water partition coefficient (Wildman–Crippen LogP) is 5.27. The molecule has 212 valence electrons. The van der Waals surface area contributed by atoms with E-state index in [4.69, 9.17) is 4.74 Å². The molecular formula is C25H24F4N6O3S2. The SMILES string of the molecule is Cc1cc(NS(=O)(=O)CC(F)(F)F)c2ccccc2c1Oc1ncsc1-c1ccnc(N[C@@H]2CNC[C@@H](F)C2)n1. The molecule has 9 nitrogen and oxygen atoms in total. The second-order valence-electron chi connectivity index (χ2n) is 9.28. The summed E-state index contributed by atoms with van der Waals surface area (Å²) in [7, 11) is -4.70. The standard InChI is InChI=1S/C25H24F4N6O3S2/c1-14-8-20(35-40(36,37)12-25(27,28)29)17-4-2-3-5-18(17)21(14)38-23-22(39-13-32-23)19-6-7-31-24(34-19)33-16-9-15(26)10-30-11-16/h2-8,13,15-16,30,35H,9-12H2,1H3,(H,31,33,34)/t15-,16-/m0/s1. The number of aryl methyl sites for hydroxylation is 1. The average Bonchev–Trinajstić information content (AvgIpc) is 3.33. The fourth-order valence-corrected chi connectivity index (χ4v) is 6.13. The van der Waals surface area contributed by atoms with Gasteiger partial charge in [0.15, 0.2) is 5.75 Å². The zero-order valence-corrected chi connectivity index (χ0v) is 22.6. The zero-order chi connectivity index (χ0) is 28.5. The van der Waals surface area contributed by atoms with E-state index in [1.54, 1.807) is 49.0 Å². The minimum atomic E-state index is -4.89. The summed E-state index contributed by atoms with van der Waals surface area (Å²) in [5.41, 5.74) is 2.57. The second-order valence-corrected chi connectivity index (χ2v) is 11.9. The first-order valence-corrected chi connectivity index (χ1v) is 14.7. The molecule has 1 aliphatic heterocycles. The number of hydrogen-bond donors (Lipinski definition) is 3. The molecule has 2 atom stereocenters. The fourth-order valence-electron chi connectivity index (χ4n) is 4.44. The summed E-state index contributed by atoms with van der Waals surface area (Å²) in [4.78, 5) is 13.7. The molecule has 0 aliphatic carbocycles. The lowest BCUT2D eigenvalue weighted by molar-refractivity contribution is -0.106. The normalized spacial score (nSPS) is 18.0. The number of thiazole rings is 1. The average molecular weight is 597 g/mol. The molecule has 0 unspecified atom stereocenters. The number of nitrogens with one attached hydrogen (secondary N) is 3. The van der Waals surface area contributed by atoms with Crippen LogP contribution in [0.15, 0.2) is 48.1 Å². The largest absolute Gasteiger partial charge is 0.437 e. The van der Waals surface area contributed by atoms with Crippen LogP contribution in [0.3, 0.4) is 0 Å². The summed E-state index contributed by atoms with van der Waals surface area (Å²) in [5, 5.41) is 6.99. The highest BCUT2D eigenvalue weighted by atomic mass is 32.2. The van der Waals surface area contributed by atoms with Gasteiger partial charge in [0.05, 0.1) is 16.9 Å². The Bertz CT molecular complexity index is 1630. The van der Waals surface area contributed by atoms with Crippen molar-refractivity contribution in [2.24, 2.45) is 0 Å². The fraction of sp³-hybridized carbons (Fsp3) is 0.320. The van der Waals surface area contributed by atoms with Crippen molar-refractivity contribution in [3.05, 3.63) is 53.7 Å². The van der Waals surface area contributed by atoms with Crippen LogP contribution in [0.4, 0.5) is 29.2 Å². The van der Waals surface area contributed by atoms with Gasteiger partial charge in [-0.25, -0.2) is 27.8 Å². The van der Waals surface area contributed by atoms with E-state index < -0.39 is 28.1 Å². The van der Waals surface area contributed by atoms with Gasteiger partial charge in [0.25, 0.3) is 0 Å². The zero-order valence-electron chi connectivity index (χ0n) is 21.0. The lowest BCUT2D eigenvalue weighted by Crippen LogP contribution is -2.44. The maximum absolute atomic E-state index is 13.8. The van der Waals surface area contributed by atoms with Crippen molar-refractivity contribution in [1.29, 1.82) is 0 Å². The molecule has 3 N–H and O–H groups in total. The quantitative estimate of drug-likeness (QED) is 0.236. The number of piperidine rings is 1. The Morgan fingerprint density at radius 2 is 1.93 bits per heavy atom. The van der Waals surface area contributed by atoms with Gasteiger partial charge in [-0.1, -0.05) is 24.3 Å². The maximum atomic E-state index is 13.8. The number of anilines is 2. The highest BCUT2D eigenvalue weighted by Gasteiger charge is 2.35. The van der Waals surface area contributed by atoms with E-state index in [0.717, 1.165) is 0 Å². The van der Waals surface area contributed by atoms with E-state index in [0.29, 0.717) is 58.1 Å².